The van der Waals surface area contributed by atoms with E-state index >= 15 is 0 Å². The summed E-state index contributed by atoms with van der Waals surface area (Å²) in [6.45, 7) is 3.47. The van der Waals surface area contributed by atoms with Gasteiger partial charge in [-0.05, 0) is 61.5 Å². The molecule has 0 aliphatic carbocycles. The Labute approximate surface area is 173 Å². The maximum absolute atomic E-state index is 12.9. The van der Waals surface area contributed by atoms with Crippen molar-refractivity contribution in [3.63, 3.8) is 0 Å². The van der Waals surface area contributed by atoms with Crippen LogP contribution in [0, 0.1) is 6.92 Å². The summed E-state index contributed by atoms with van der Waals surface area (Å²) in [5.74, 6) is 0.177. The fourth-order valence-electron chi connectivity index (χ4n) is 2.86. The predicted octanol–water partition coefficient (Wildman–Crippen LogP) is 3.33. The molecule has 1 atom stereocenters. The second kappa shape index (κ2) is 7.65. The Bertz CT molecular complexity index is 951. The van der Waals surface area contributed by atoms with Crippen molar-refractivity contribution in [2.45, 2.75) is 19.4 Å². The van der Waals surface area contributed by atoms with Gasteiger partial charge in [0.05, 0.1) is 7.11 Å². The van der Waals surface area contributed by atoms with Gasteiger partial charge in [-0.3, -0.25) is 10.2 Å². The highest BCUT2D eigenvalue weighted by molar-refractivity contribution is 7.80. The third kappa shape index (κ3) is 3.61. The highest BCUT2D eigenvalue weighted by Gasteiger charge is 2.49. The van der Waals surface area contributed by atoms with Crippen LogP contribution in [0.25, 0.3) is 0 Å². The van der Waals surface area contributed by atoms with E-state index in [0.29, 0.717) is 22.0 Å². The van der Waals surface area contributed by atoms with E-state index in [1.165, 1.54) is 0 Å². The standard InChI is InChI=1S/C19H19ClN4O3S/c1-11-14(20)5-4-6-15(11)21-17(28)23-24-16(25)19(2,22-18(24)26)12-7-9-13(27-3)10-8-12/h4-10H,1-3H3,(H,22,26)(H2,21,23,28)/t19-/m1/s1. The van der Waals surface area contributed by atoms with Gasteiger partial charge in [-0.2, -0.15) is 5.01 Å². The number of carbonyl (C=O) groups is 2. The lowest BCUT2D eigenvalue weighted by atomic mass is 9.92. The lowest BCUT2D eigenvalue weighted by Gasteiger charge is -2.23. The van der Waals surface area contributed by atoms with Crippen LogP contribution in [0.2, 0.25) is 5.02 Å². The molecule has 0 radical (unpaired) electrons. The first kappa shape index (κ1) is 19.9. The van der Waals surface area contributed by atoms with Gasteiger partial charge in [0.1, 0.15) is 11.3 Å². The number of imide groups is 1. The van der Waals surface area contributed by atoms with Crippen LogP contribution < -0.4 is 20.8 Å². The average molecular weight is 419 g/mol. The number of ether oxygens (including phenoxy) is 1. The summed E-state index contributed by atoms with van der Waals surface area (Å²) in [5, 5.41) is 7.18. The lowest BCUT2D eigenvalue weighted by molar-refractivity contribution is -0.132. The first-order valence-electron chi connectivity index (χ1n) is 8.40. The summed E-state index contributed by atoms with van der Waals surface area (Å²) in [4.78, 5) is 25.3. The van der Waals surface area contributed by atoms with E-state index in [-0.39, 0.29) is 5.11 Å². The average Bonchev–Trinajstić information content (AvgIpc) is 2.89. The van der Waals surface area contributed by atoms with Crippen LogP contribution in [0.3, 0.4) is 0 Å². The number of anilines is 1. The molecule has 3 amide bonds. The number of methoxy groups -OCH3 is 1. The summed E-state index contributed by atoms with van der Waals surface area (Å²) in [5.41, 5.74) is 3.52. The number of benzene rings is 2. The zero-order valence-corrected chi connectivity index (χ0v) is 17.1. The maximum atomic E-state index is 12.9. The van der Waals surface area contributed by atoms with E-state index in [2.05, 4.69) is 16.1 Å². The maximum Gasteiger partial charge on any atom is 0.344 e. The van der Waals surface area contributed by atoms with Gasteiger partial charge in [-0.25, -0.2) is 4.79 Å². The number of thiocarbonyl (C=S) groups is 1. The molecule has 0 spiro atoms. The minimum atomic E-state index is -1.22. The number of hydrogen-bond acceptors (Lipinski definition) is 4. The third-order valence-electron chi connectivity index (χ3n) is 4.59. The molecule has 2 aromatic rings. The van der Waals surface area contributed by atoms with Crippen molar-refractivity contribution in [1.29, 1.82) is 0 Å². The molecule has 1 aliphatic rings. The fraction of sp³-hybridized carbons (Fsp3) is 0.211. The van der Waals surface area contributed by atoms with Crippen LogP contribution in [-0.4, -0.2) is 29.2 Å². The molecule has 28 heavy (non-hydrogen) atoms. The molecule has 1 saturated heterocycles. The summed E-state index contributed by atoms with van der Waals surface area (Å²) < 4.78 is 5.13. The third-order valence-corrected chi connectivity index (χ3v) is 5.19. The number of carbonyl (C=O) groups excluding carboxylic acids is 2. The normalized spacial score (nSPS) is 18.6. The number of urea groups is 1. The lowest BCUT2D eigenvalue weighted by Crippen LogP contribution is -2.49. The zero-order chi connectivity index (χ0) is 20.5. The molecule has 3 rings (SSSR count). The first-order valence-corrected chi connectivity index (χ1v) is 9.19. The number of hydrazine groups is 1. The molecule has 0 saturated carbocycles. The van der Waals surface area contributed by atoms with Gasteiger partial charge in [-0.1, -0.05) is 29.8 Å². The number of nitrogens with one attached hydrogen (secondary N) is 3. The molecule has 1 fully saturated rings. The summed E-state index contributed by atoms with van der Waals surface area (Å²) in [7, 11) is 1.56. The molecular weight excluding hydrogens is 400 g/mol. The minimum Gasteiger partial charge on any atom is -0.497 e. The molecule has 0 aromatic heterocycles. The summed E-state index contributed by atoms with van der Waals surface area (Å²) in [6.07, 6.45) is 0. The van der Waals surface area contributed by atoms with Crippen LogP contribution in [0.15, 0.2) is 42.5 Å². The van der Waals surface area contributed by atoms with Gasteiger partial charge in [0.2, 0.25) is 0 Å². The Balaban J connectivity index is 1.76. The predicted molar refractivity (Wildman–Crippen MR) is 111 cm³/mol. The molecule has 9 heteroatoms. The van der Waals surface area contributed by atoms with Crippen molar-refractivity contribution >= 4 is 46.6 Å². The first-order chi connectivity index (χ1) is 13.3. The second-order valence-corrected chi connectivity index (χ2v) is 7.22. The van der Waals surface area contributed by atoms with Gasteiger partial charge in [0.25, 0.3) is 5.91 Å². The number of halogens is 1. The fourth-order valence-corrected chi connectivity index (χ4v) is 3.23. The van der Waals surface area contributed by atoms with E-state index in [1.807, 2.05) is 6.92 Å². The molecule has 0 bridgehead atoms. The highest BCUT2D eigenvalue weighted by atomic mass is 35.5. The van der Waals surface area contributed by atoms with Gasteiger partial charge >= 0.3 is 6.03 Å². The van der Waals surface area contributed by atoms with Crippen LogP contribution in [0.5, 0.6) is 5.75 Å². The Morgan fingerprint density at radius 3 is 2.54 bits per heavy atom. The van der Waals surface area contributed by atoms with Crippen molar-refractivity contribution in [1.82, 2.24) is 15.8 Å². The van der Waals surface area contributed by atoms with E-state index < -0.39 is 17.5 Å². The number of amides is 3. The van der Waals surface area contributed by atoms with Gasteiger partial charge in [0, 0.05) is 10.7 Å². The zero-order valence-electron chi connectivity index (χ0n) is 15.5. The Morgan fingerprint density at radius 1 is 1.21 bits per heavy atom. The van der Waals surface area contributed by atoms with Crippen molar-refractivity contribution in [2.75, 3.05) is 12.4 Å². The monoisotopic (exact) mass is 418 g/mol. The largest absolute Gasteiger partial charge is 0.497 e. The van der Waals surface area contributed by atoms with Crippen molar-refractivity contribution in [2.24, 2.45) is 0 Å². The molecular formula is C19H19ClN4O3S. The Hall–Kier alpha value is -2.84. The van der Waals surface area contributed by atoms with E-state index in [0.717, 1.165) is 10.6 Å². The second-order valence-electron chi connectivity index (χ2n) is 6.40. The van der Waals surface area contributed by atoms with E-state index in [4.69, 9.17) is 28.6 Å². The molecule has 7 nitrogen and oxygen atoms in total. The van der Waals surface area contributed by atoms with Crippen LogP contribution in [0.1, 0.15) is 18.1 Å². The molecule has 1 aliphatic heterocycles. The molecule has 0 unspecified atom stereocenters. The van der Waals surface area contributed by atoms with Crippen LogP contribution >= 0.6 is 23.8 Å². The number of nitrogens with zero attached hydrogens (tertiary/aromatic N) is 1. The van der Waals surface area contributed by atoms with Crippen molar-refractivity contribution < 1.29 is 14.3 Å². The summed E-state index contributed by atoms with van der Waals surface area (Å²) >= 11 is 11.3. The Kier molecular flexibility index (Phi) is 5.44. The van der Waals surface area contributed by atoms with Crippen molar-refractivity contribution in [3.8, 4) is 5.75 Å². The topological polar surface area (TPSA) is 82.7 Å². The van der Waals surface area contributed by atoms with Gasteiger partial charge in [-0.15, -0.1) is 0 Å². The van der Waals surface area contributed by atoms with Crippen LogP contribution in [0.4, 0.5) is 10.5 Å². The smallest absolute Gasteiger partial charge is 0.344 e. The van der Waals surface area contributed by atoms with Crippen molar-refractivity contribution in [3.05, 3.63) is 58.6 Å². The summed E-state index contributed by atoms with van der Waals surface area (Å²) in [6, 6.07) is 11.6. The number of rotatable bonds is 4. The minimum absolute atomic E-state index is 0.0906. The van der Waals surface area contributed by atoms with Crippen LogP contribution in [-0.2, 0) is 10.3 Å². The SMILES string of the molecule is COc1ccc([C@@]2(C)NC(=O)N(NC(=S)Nc3cccc(Cl)c3C)C2=O)cc1. The molecule has 146 valence electrons. The molecule has 1 heterocycles. The molecule has 2 aromatic carbocycles. The highest BCUT2D eigenvalue weighted by Crippen LogP contribution is 2.29. The van der Waals surface area contributed by atoms with Gasteiger partial charge < -0.3 is 15.4 Å². The van der Waals surface area contributed by atoms with E-state index in [9.17, 15) is 9.59 Å². The Morgan fingerprint density at radius 2 is 1.89 bits per heavy atom. The molecule has 3 N–H and O–H groups in total. The number of hydrogen-bond donors (Lipinski definition) is 3. The van der Waals surface area contributed by atoms with E-state index in [1.54, 1.807) is 56.5 Å². The quantitative estimate of drug-likeness (QED) is 0.522. The van der Waals surface area contributed by atoms with Gasteiger partial charge in [0.15, 0.2) is 5.11 Å².